The zero-order chi connectivity index (χ0) is 35.7. The minimum atomic E-state index is -5.08. The number of rotatable bonds is 7. The van der Waals surface area contributed by atoms with Gasteiger partial charge in [-0.1, -0.05) is 18.2 Å². The number of amides is 3. The number of aromatic nitrogens is 1. The van der Waals surface area contributed by atoms with Gasteiger partial charge in [0.05, 0.1) is 29.0 Å². The van der Waals surface area contributed by atoms with E-state index in [0.717, 1.165) is 22.2 Å². The second-order valence-corrected chi connectivity index (χ2v) is 11.0. The summed E-state index contributed by atoms with van der Waals surface area (Å²) in [7, 11) is 0. The Balaban J connectivity index is 0.000000698. The number of carbonyl (C=O) groups excluding carboxylic acids is 3. The lowest BCUT2D eigenvalue weighted by molar-refractivity contribution is -0.192. The highest BCUT2D eigenvalue weighted by Gasteiger charge is 2.40. The van der Waals surface area contributed by atoms with Gasteiger partial charge in [-0.05, 0) is 74.0 Å². The summed E-state index contributed by atoms with van der Waals surface area (Å²) in [6, 6.07) is 25.0. The minimum Gasteiger partial charge on any atom is -0.489 e. The number of hydroxylamine groups is 1. The van der Waals surface area contributed by atoms with Crippen LogP contribution in [0.15, 0.2) is 78.9 Å². The Kier molecular flexibility index (Phi) is 11.5. The number of carboxylic acids is 1. The predicted octanol–water partition coefficient (Wildman–Crippen LogP) is 4.85. The van der Waals surface area contributed by atoms with E-state index in [9.17, 15) is 32.8 Å². The normalized spacial score (nSPS) is 15.6. The molecule has 0 bridgehead atoms. The van der Waals surface area contributed by atoms with Crippen LogP contribution in [0.2, 0.25) is 0 Å². The van der Waals surface area contributed by atoms with E-state index in [-0.39, 0.29) is 31.3 Å². The number of aliphatic carboxylic acids is 1. The van der Waals surface area contributed by atoms with Crippen molar-refractivity contribution in [2.75, 3.05) is 18.4 Å². The van der Waals surface area contributed by atoms with Crippen LogP contribution >= 0.6 is 0 Å². The van der Waals surface area contributed by atoms with Gasteiger partial charge in [-0.2, -0.15) is 18.4 Å². The van der Waals surface area contributed by atoms with Crippen molar-refractivity contribution in [3.63, 3.8) is 0 Å². The van der Waals surface area contributed by atoms with Crippen LogP contribution in [0.3, 0.4) is 0 Å². The van der Waals surface area contributed by atoms with E-state index in [1.165, 1.54) is 4.90 Å². The number of ether oxygens (including phenoxy) is 1. The highest BCUT2D eigenvalue weighted by atomic mass is 19.4. The molecule has 3 amide bonds. The molecule has 0 aliphatic carbocycles. The molecule has 49 heavy (non-hydrogen) atoms. The number of pyridine rings is 1. The highest BCUT2D eigenvalue weighted by Crippen LogP contribution is 2.28. The predicted molar refractivity (Wildman–Crippen MR) is 168 cm³/mol. The van der Waals surface area contributed by atoms with E-state index >= 15 is 0 Å². The molecule has 254 valence electrons. The molecular formula is C34H30F3N5O7. The van der Waals surface area contributed by atoms with Gasteiger partial charge in [0.2, 0.25) is 11.8 Å². The first-order valence-corrected chi connectivity index (χ1v) is 14.7. The first kappa shape index (κ1) is 35.8. The number of fused-ring (bicyclic) bond motifs is 1. The number of hydrogen-bond acceptors (Lipinski definition) is 8. The number of nitrogens with zero attached hydrogens (tertiary/aromatic N) is 3. The number of carboxylic acid groups (broad SMARTS) is 1. The van der Waals surface area contributed by atoms with Crippen LogP contribution in [-0.2, 0) is 21.0 Å². The van der Waals surface area contributed by atoms with Crippen molar-refractivity contribution in [2.24, 2.45) is 11.8 Å². The first-order valence-electron chi connectivity index (χ1n) is 14.7. The number of likely N-dealkylation sites (tertiary alicyclic amines) is 1. The van der Waals surface area contributed by atoms with Gasteiger partial charge in [0.25, 0.3) is 5.91 Å². The average molecular weight is 678 g/mol. The molecule has 4 aromatic rings. The van der Waals surface area contributed by atoms with Gasteiger partial charge in [0.1, 0.15) is 12.4 Å². The van der Waals surface area contributed by atoms with E-state index in [1.54, 1.807) is 54.0 Å². The molecule has 2 heterocycles. The third-order valence-corrected chi connectivity index (χ3v) is 7.63. The van der Waals surface area contributed by atoms with Crippen LogP contribution in [0, 0.1) is 30.1 Å². The van der Waals surface area contributed by atoms with Crippen molar-refractivity contribution < 1.29 is 47.4 Å². The molecule has 15 heteroatoms. The third kappa shape index (κ3) is 9.30. The van der Waals surface area contributed by atoms with Gasteiger partial charge in [0.15, 0.2) is 0 Å². The molecule has 2 atom stereocenters. The average Bonchev–Trinajstić information content (AvgIpc) is 3.10. The molecule has 0 spiro atoms. The molecule has 1 aliphatic heterocycles. The number of carbonyl (C=O) groups is 4. The van der Waals surface area contributed by atoms with Gasteiger partial charge in [-0.25, -0.2) is 10.3 Å². The quantitative estimate of drug-likeness (QED) is 0.157. The fraction of sp³-hybridized carbons (Fsp3) is 0.235. The van der Waals surface area contributed by atoms with Crippen molar-refractivity contribution in [3.05, 3.63) is 101 Å². The SMILES string of the molecule is Cc1cc(COc2ccc(NC(=O)[C@H]3CCN(C(=O)c4ccc(C#N)cc4)C[C@@H]3C(=O)NO)cc2)c2ccccc2n1.O=C(O)C(F)(F)F. The van der Waals surface area contributed by atoms with Crippen molar-refractivity contribution >= 4 is 40.3 Å². The lowest BCUT2D eigenvalue weighted by atomic mass is 9.83. The first-order chi connectivity index (χ1) is 23.3. The summed E-state index contributed by atoms with van der Waals surface area (Å²) in [6.45, 7) is 2.51. The number of nitriles is 1. The highest BCUT2D eigenvalue weighted by molar-refractivity contribution is 5.98. The Labute approximate surface area is 277 Å². The molecule has 3 aromatic carbocycles. The summed E-state index contributed by atoms with van der Waals surface area (Å²) in [4.78, 5) is 53.7. The van der Waals surface area contributed by atoms with Crippen LogP contribution in [0.5, 0.6) is 5.75 Å². The van der Waals surface area contributed by atoms with E-state index in [2.05, 4.69) is 10.3 Å². The van der Waals surface area contributed by atoms with E-state index in [0.29, 0.717) is 29.2 Å². The van der Waals surface area contributed by atoms with E-state index in [1.807, 2.05) is 43.3 Å². The molecule has 1 aliphatic rings. The largest absolute Gasteiger partial charge is 0.490 e. The lowest BCUT2D eigenvalue weighted by Crippen LogP contribution is -2.52. The second kappa shape index (κ2) is 15.7. The van der Waals surface area contributed by atoms with Crippen LogP contribution in [0.1, 0.15) is 33.6 Å². The van der Waals surface area contributed by atoms with Gasteiger partial charge in [-0.3, -0.25) is 24.6 Å². The Morgan fingerprint density at radius 3 is 2.27 bits per heavy atom. The standard InChI is InChI=1S/C32H29N5O5.C2HF3O2/c1-20-16-23(26-4-2-3-5-29(26)34-20)19-42-25-12-10-24(11-13-25)35-30(38)27-14-15-37(18-28(27)31(39)36-41)32(40)22-8-6-21(17-33)7-9-22;3-2(4,5)1(6)7/h2-13,16,27-28,41H,14-15,18-19H2,1H3,(H,35,38)(H,36,39);(H,6,7)/t27-,28-;/m0./s1. The molecule has 4 N–H and O–H groups in total. The third-order valence-electron chi connectivity index (χ3n) is 7.63. The van der Waals surface area contributed by atoms with E-state index < -0.39 is 29.9 Å². The molecule has 0 saturated carbocycles. The van der Waals surface area contributed by atoms with Crippen LogP contribution < -0.4 is 15.5 Å². The van der Waals surface area contributed by atoms with Crippen LogP contribution in [-0.4, -0.2) is 63.2 Å². The minimum absolute atomic E-state index is 0.0424. The maximum Gasteiger partial charge on any atom is 0.490 e. The number of halogens is 3. The van der Waals surface area contributed by atoms with Crippen molar-refractivity contribution in [1.82, 2.24) is 15.4 Å². The summed E-state index contributed by atoms with van der Waals surface area (Å²) in [5.41, 5.74) is 5.79. The van der Waals surface area contributed by atoms with Crippen molar-refractivity contribution in [1.29, 1.82) is 5.26 Å². The van der Waals surface area contributed by atoms with Gasteiger partial charge < -0.3 is 20.1 Å². The number of nitrogens with one attached hydrogen (secondary N) is 2. The number of aryl methyl sites for hydroxylation is 1. The number of alkyl halides is 3. The molecule has 0 radical (unpaired) electrons. The molecule has 1 fully saturated rings. The maximum atomic E-state index is 13.2. The Hall–Kier alpha value is -6.01. The van der Waals surface area contributed by atoms with Gasteiger partial charge in [0, 0.05) is 41.0 Å². The second-order valence-electron chi connectivity index (χ2n) is 11.0. The Morgan fingerprint density at radius 2 is 1.65 bits per heavy atom. The topological polar surface area (TPSA) is 182 Å². The lowest BCUT2D eigenvalue weighted by Gasteiger charge is -2.36. The smallest absolute Gasteiger partial charge is 0.489 e. The van der Waals surface area contributed by atoms with Crippen LogP contribution in [0.25, 0.3) is 10.9 Å². The number of para-hydroxylation sites is 1. The van der Waals surface area contributed by atoms with Gasteiger partial charge in [-0.15, -0.1) is 0 Å². The van der Waals surface area contributed by atoms with Crippen molar-refractivity contribution in [2.45, 2.75) is 26.1 Å². The molecule has 12 nitrogen and oxygen atoms in total. The van der Waals surface area contributed by atoms with Crippen molar-refractivity contribution in [3.8, 4) is 11.8 Å². The summed E-state index contributed by atoms with van der Waals surface area (Å²) < 4.78 is 37.7. The summed E-state index contributed by atoms with van der Waals surface area (Å²) in [6.07, 6.45) is -4.85. The molecular weight excluding hydrogens is 647 g/mol. The number of piperidine rings is 1. The number of hydrogen-bond donors (Lipinski definition) is 4. The van der Waals surface area contributed by atoms with Crippen LogP contribution in [0.4, 0.5) is 18.9 Å². The van der Waals surface area contributed by atoms with Gasteiger partial charge >= 0.3 is 12.1 Å². The molecule has 1 saturated heterocycles. The molecule has 0 unspecified atom stereocenters. The fourth-order valence-corrected chi connectivity index (χ4v) is 5.21. The Morgan fingerprint density at radius 1 is 1.00 bits per heavy atom. The number of benzene rings is 3. The zero-order valence-corrected chi connectivity index (χ0v) is 25.9. The number of anilines is 1. The summed E-state index contributed by atoms with van der Waals surface area (Å²) in [5.74, 6) is -5.30. The maximum absolute atomic E-state index is 13.2. The zero-order valence-electron chi connectivity index (χ0n) is 25.9. The molecule has 1 aromatic heterocycles. The fourth-order valence-electron chi connectivity index (χ4n) is 5.21. The monoisotopic (exact) mass is 677 g/mol. The summed E-state index contributed by atoms with van der Waals surface area (Å²) >= 11 is 0. The summed E-state index contributed by atoms with van der Waals surface area (Å²) in [5, 5.41) is 29.3. The van der Waals surface area contributed by atoms with E-state index in [4.69, 9.17) is 19.9 Å². The Bertz CT molecular complexity index is 1880. The molecule has 5 rings (SSSR count).